The highest BCUT2D eigenvalue weighted by Crippen LogP contribution is 2.31. The molecule has 8 heteroatoms. The van der Waals surface area contributed by atoms with Gasteiger partial charge in [0.05, 0.1) is 38.3 Å². The summed E-state index contributed by atoms with van der Waals surface area (Å²) in [5.41, 5.74) is 2.72. The van der Waals surface area contributed by atoms with Crippen LogP contribution < -0.4 is 19.1 Å². The summed E-state index contributed by atoms with van der Waals surface area (Å²) in [4.78, 5) is 12.6. The van der Waals surface area contributed by atoms with Crippen LogP contribution in [0.1, 0.15) is 21.5 Å². The number of anilines is 1. The molecule has 1 aliphatic rings. The van der Waals surface area contributed by atoms with E-state index in [9.17, 15) is 13.2 Å². The topological polar surface area (TPSA) is 84.9 Å². The number of hydrogen-bond donors (Lipinski definition) is 1. The predicted molar refractivity (Wildman–Crippen MR) is 103 cm³/mol. The van der Waals surface area contributed by atoms with E-state index in [0.29, 0.717) is 35.7 Å². The monoisotopic (exact) mass is 390 g/mol. The molecule has 0 aliphatic carbocycles. The van der Waals surface area contributed by atoms with Crippen LogP contribution in [-0.2, 0) is 23.0 Å². The number of benzene rings is 2. The maximum absolute atomic E-state index is 12.6. The molecule has 1 amide bonds. The quantitative estimate of drug-likeness (QED) is 0.815. The van der Waals surface area contributed by atoms with Crippen LogP contribution >= 0.6 is 0 Å². The first-order valence-electron chi connectivity index (χ1n) is 8.44. The summed E-state index contributed by atoms with van der Waals surface area (Å²) >= 11 is 0. The van der Waals surface area contributed by atoms with Crippen LogP contribution in [0.25, 0.3) is 0 Å². The van der Waals surface area contributed by atoms with Gasteiger partial charge in [-0.05, 0) is 42.3 Å². The number of amides is 1. The second-order valence-electron chi connectivity index (χ2n) is 6.25. The molecule has 2 aromatic carbocycles. The number of rotatable bonds is 6. The number of nitrogens with zero attached hydrogens (tertiary/aromatic N) is 1. The molecule has 144 valence electrons. The number of hydrogen-bond acceptors (Lipinski definition) is 5. The van der Waals surface area contributed by atoms with Gasteiger partial charge in [-0.15, -0.1) is 0 Å². The van der Waals surface area contributed by atoms with Gasteiger partial charge >= 0.3 is 0 Å². The van der Waals surface area contributed by atoms with Gasteiger partial charge in [-0.3, -0.25) is 9.10 Å². The first kappa shape index (κ1) is 19.0. The van der Waals surface area contributed by atoms with Gasteiger partial charge in [-0.25, -0.2) is 8.42 Å². The zero-order valence-corrected chi connectivity index (χ0v) is 16.3. The highest BCUT2D eigenvalue weighted by molar-refractivity contribution is 7.92. The fraction of sp³-hybridized carbons (Fsp3) is 0.316. The van der Waals surface area contributed by atoms with E-state index in [4.69, 9.17) is 9.47 Å². The largest absolute Gasteiger partial charge is 0.496 e. The molecule has 0 fully saturated rings. The third-order valence-corrected chi connectivity index (χ3v) is 5.73. The van der Waals surface area contributed by atoms with Gasteiger partial charge in [0, 0.05) is 12.1 Å². The Labute approximate surface area is 158 Å². The fourth-order valence-corrected chi connectivity index (χ4v) is 4.19. The molecule has 0 unspecified atom stereocenters. The van der Waals surface area contributed by atoms with Gasteiger partial charge in [0.15, 0.2) is 0 Å². The summed E-state index contributed by atoms with van der Waals surface area (Å²) in [6.45, 7) is 0.649. The van der Waals surface area contributed by atoms with Gasteiger partial charge in [-0.1, -0.05) is 6.07 Å². The molecular formula is C19H22N2O5S. The third-order valence-electron chi connectivity index (χ3n) is 4.55. The molecule has 2 aromatic rings. The van der Waals surface area contributed by atoms with E-state index in [2.05, 4.69) is 5.32 Å². The first-order valence-corrected chi connectivity index (χ1v) is 10.3. The van der Waals surface area contributed by atoms with Crippen LogP contribution in [0.4, 0.5) is 5.69 Å². The van der Waals surface area contributed by atoms with Crippen molar-refractivity contribution >= 4 is 21.6 Å². The summed E-state index contributed by atoms with van der Waals surface area (Å²) < 4.78 is 35.7. The standard InChI is InChI=1S/C19H22N2O5S/c1-25-17-5-4-6-18(26-2)15(17)12-20-19(22)14-7-8-16-13(11-14)9-10-21(16)27(3,23)24/h4-8,11H,9-10,12H2,1-3H3,(H,20,22). The highest BCUT2D eigenvalue weighted by Gasteiger charge is 2.26. The minimum absolute atomic E-state index is 0.247. The molecule has 0 atom stereocenters. The lowest BCUT2D eigenvalue weighted by molar-refractivity contribution is 0.0950. The smallest absolute Gasteiger partial charge is 0.251 e. The number of ether oxygens (including phenoxy) is 2. The average molecular weight is 390 g/mol. The first-order chi connectivity index (χ1) is 12.8. The predicted octanol–water partition coefficient (Wildman–Crippen LogP) is 1.96. The third kappa shape index (κ3) is 3.85. The summed E-state index contributed by atoms with van der Waals surface area (Å²) in [5, 5.41) is 2.87. The maximum Gasteiger partial charge on any atom is 0.251 e. The van der Waals surface area contributed by atoms with Gasteiger partial charge in [0.25, 0.3) is 5.91 Å². The van der Waals surface area contributed by atoms with Crippen molar-refractivity contribution in [2.45, 2.75) is 13.0 Å². The molecule has 0 radical (unpaired) electrons. The molecule has 1 N–H and O–H groups in total. The van der Waals surface area contributed by atoms with Crippen LogP contribution in [-0.4, -0.2) is 41.3 Å². The Kier molecular flexibility index (Phi) is 5.27. The van der Waals surface area contributed by atoms with Crippen molar-refractivity contribution in [3.05, 3.63) is 53.1 Å². The Hall–Kier alpha value is -2.74. The van der Waals surface area contributed by atoms with E-state index in [0.717, 1.165) is 11.1 Å². The Bertz CT molecular complexity index is 950. The second-order valence-corrected chi connectivity index (χ2v) is 8.16. The van der Waals surface area contributed by atoms with Gasteiger partial charge in [0.1, 0.15) is 11.5 Å². The van der Waals surface area contributed by atoms with Crippen LogP contribution in [0, 0.1) is 0 Å². The SMILES string of the molecule is COc1cccc(OC)c1CNC(=O)c1ccc2c(c1)CCN2S(C)(=O)=O. The summed E-state index contributed by atoms with van der Waals surface area (Å²) in [7, 11) is -0.178. The molecule has 0 spiro atoms. The zero-order chi connectivity index (χ0) is 19.6. The Morgan fingerprint density at radius 3 is 2.41 bits per heavy atom. The fourth-order valence-electron chi connectivity index (χ4n) is 3.23. The van der Waals surface area contributed by atoms with E-state index in [-0.39, 0.29) is 12.5 Å². The van der Waals surface area contributed by atoms with Crippen molar-refractivity contribution in [2.24, 2.45) is 0 Å². The number of carbonyl (C=O) groups excluding carboxylic acids is 1. The Morgan fingerprint density at radius 1 is 1.15 bits per heavy atom. The molecule has 0 bridgehead atoms. The van der Waals surface area contributed by atoms with Crippen molar-refractivity contribution in [1.82, 2.24) is 5.32 Å². The number of fused-ring (bicyclic) bond motifs is 1. The van der Waals surface area contributed by atoms with Gasteiger partial charge in [0.2, 0.25) is 10.0 Å². The van der Waals surface area contributed by atoms with E-state index in [1.54, 1.807) is 44.6 Å². The molecule has 3 rings (SSSR count). The number of sulfonamides is 1. The van der Waals surface area contributed by atoms with E-state index in [1.165, 1.54) is 10.6 Å². The second kappa shape index (κ2) is 7.48. The maximum atomic E-state index is 12.6. The van der Waals surface area contributed by atoms with E-state index in [1.807, 2.05) is 6.07 Å². The molecular weight excluding hydrogens is 368 g/mol. The van der Waals surface area contributed by atoms with Crippen molar-refractivity contribution in [3.8, 4) is 11.5 Å². The van der Waals surface area contributed by atoms with Crippen LogP contribution in [0.3, 0.4) is 0 Å². The number of methoxy groups -OCH3 is 2. The van der Waals surface area contributed by atoms with Gasteiger partial charge < -0.3 is 14.8 Å². The summed E-state index contributed by atoms with van der Waals surface area (Å²) in [6, 6.07) is 10.5. The van der Waals surface area contributed by atoms with Crippen LogP contribution in [0.5, 0.6) is 11.5 Å². The minimum atomic E-state index is -3.31. The Balaban J connectivity index is 1.77. The molecule has 1 heterocycles. The van der Waals surface area contributed by atoms with E-state index < -0.39 is 10.0 Å². The average Bonchev–Trinajstić information content (AvgIpc) is 3.09. The minimum Gasteiger partial charge on any atom is -0.496 e. The van der Waals surface area contributed by atoms with Crippen molar-refractivity contribution in [3.63, 3.8) is 0 Å². The van der Waals surface area contributed by atoms with Crippen molar-refractivity contribution in [2.75, 3.05) is 31.3 Å². The number of nitrogens with one attached hydrogen (secondary N) is 1. The molecule has 7 nitrogen and oxygen atoms in total. The molecule has 0 aromatic heterocycles. The van der Waals surface area contributed by atoms with Gasteiger partial charge in [-0.2, -0.15) is 0 Å². The Morgan fingerprint density at radius 2 is 1.81 bits per heavy atom. The highest BCUT2D eigenvalue weighted by atomic mass is 32.2. The lowest BCUT2D eigenvalue weighted by Crippen LogP contribution is -2.27. The van der Waals surface area contributed by atoms with Crippen LogP contribution in [0.2, 0.25) is 0 Å². The van der Waals surface area contributed by atoms with Crippen molar-refractivity contribution in [1.29, 1.82) is 0 Å². The molecule has 0 saturated carbocycles. The number of carbonyl (C=O) groups is 1. The van der Waals surface area contributed by atoms with Crippen LogP contribution in [0.15, 0.2) is 36.4 Å². The summed E-state index contributed by atoms with van der Waals surface area (Å²) in [6.07, 6.45) is 1.77. The normalized spacial score (nSPS) is 13.2. The zero-order valence-electron chi connectivity index (χ0n) is 15.5. The lowest BCUT2D eigenvalue weighted by atomic mass is 10.1. The molecule has 1 aliphatic heterocycles. The lowest BCUT2D eigenvalue weighted by Gasteiger charge is -2.16. The van der Waals surface area contributed by atoms with E-state index >= 15 is 0 Å². The summed E-state index contributed by atoms with van der Waals surface area (Å²) in [5.74, 6) is 1.02. The molecule has 27 heavy (non-hydrogen) atoms. The van der Waals surface area contributed by atoms with Crippen molar-refractivity contribution < 1.29 is 22.7 Å². The molecule has 0 saturated heterocycles.